The fourth-order valence-electron chi connectivity index (χ4n) is 5.70. The predicted molar refractivity (Wildman–Crippen MR) is 139 cm³/mol. The second kappa shape index (κ2) is 12.2. The van der Waals surface area contributed by atoms with Crippen molar-refractivity contribution in [3.05, 3.63) is 0 Å². The lowest BCUT2D eigenvalue weighted by Crippen LogP contribution is -2.63. The molecule has 4 rings (SSSR count). The maximum atomic E-state index is 12.6. The van der Waals surface area contributed by atoms with E-state index in [9.17, 15) is 4.79 Å². The van der Waals surface area contributed by atoms with E-state index in [-0.39, 0.29) is 41.5 Å². The molecule has 184 valence electrons. The van der Waals surface area contributed by atoms with Crippen molar-refractivity contribution in [3.8, 4) is 0 Å². The average Bonchev–Trinajstić information content (AvgIpc) is 3.36. The Kier molecular flexibility index (Phi) is 9.87. The summed E-state index contributed by atoms with van der Waals surface area (Å²) in [7, 11) is 4.12. The van der Waals surface area contributed by atoms with E-state index < -0.39 is 0 Å². The smallest absolute Gasteiger partial charge is 0.251 e. The van der Waals surface area contributed by atoms with Crippen molar-refractivity contribution in [1.82, 2.24) is 24.9 Å². The first-order valence-corrected chi connectivity index (χ1v) is 12.4. The number of halogens is 1. The van der Waals surface area contributed by atoms with E-state index in [1.807, 2.05) is 11.9 Å². The Morgan fingerprint density at radius 1 is 0.969 bits per heavy atom. The van der Waals surface area contributed by atoms with Crippen LogP contribution in [0.2, 0.25) is 0 Å². The van der Waals surface area contributed by atoms with Crippen LogP contribution < -0.4 is 5.32 Å². The van der Waals surface area contributed by atoms with Gasteiger partial charge >= 0.3 is 0 Å². The number of amides is 1. The van der Waals surface area contributed by atoms with Crippen molar-refractivity contribution in [1.29, 1.82) is 0 Å². The van der Waals surface area contributed by atoms with Gasteiger partial charge in [0.1, 0.15) is 6.10 Å². The van der Waals surface area contributed by atoms with Crippen LogP contribution in [-0.2, 0) is 9.53 Å². The highest BCUT2D eigenvalue weighted by molar-refractivity contribution is 14.0. The molecule has 0 saturated carbocycles. The molecule has 0 aromatic heterocycles. The summed E-state index contributed by atoms with van der Waals surface area (Å²) in [6.07, 6.45) is 8.13. The third-order valence-electron chi connectivity index (χ3n) is 7.83. The number of aliphatic imine (C=N–C) groups is 1. The van der Waals surface area contributed by atoms with E-state index in [0.717, 1.165) is 58.1 Å². The van der Waals surface area contributed by atoms with Gasteiger partial charge in [-0.1, -0.05) is 6.42 Å². The molecule has 1 N–H and O–H groups in total. The van der Waals surface area contributed by atoms with Crippen molar-refractivity contribution in [2.75, 3.05) is 79.6 Å². The van der Waals surface area contributed by atoms with Crippen LogP contribution in [0.5, 0.6) is 0 Å². The molecule has 9 heteroatoms. The molecule has 1 atom stereocenters. The van der Waals surface area contributed by atoms with Crippen LogP contribution in [0.3, 0.4) is 0 Å². The van der Waals surface area contributed by atoms with Gasteiger partial charge in [0.25, 0.3) is 5.91 Å². The number of guanidine groups is 1. The molecule has 4 aliphatic rings. The first-order chi connectivity index (χ1) is 15.1. The van der Waals surface area contributed by atoms with Crippen LogP contribution >= 0.6 is 24.0 Å². The summed E-state index contributed by atoms with van der Waals surface area (Å²) in [5, 5.41) is 3.75. The summed E-state index contributed by atoms with van der Waals surface area (Å²) in [5.41, 5.74) is 0.237. The fraction of sp³-hybridized carbons (Fsp3) is 0.913. The molecule has 0 aliphatic carbocycles. The second-order valence-electron chi connectivity index (χ2n) is 9.79. The third-order valence-corrected chi connectivity index (χ3v) is 7.83. The van der Waals surface area contributed by atoms with E-state index in [4.69, 9.17) is 4.74 Å². The number of hydrogen-bond donors (Lipinski definition) is 1. The summed E-state index contributed by atoms with van der Waals surface area (Å²) in [6, 6.07) is 0. The molecule has 4 saturated heterocycles. The normalized spacial score (nSPS) is 27.8. The van der Waals surface area contributed by atoms with Crippen LogP contribution in [-0.4, -0.2) is 123 Å². The number of rotatable bonds is 4. The highest BCUT2D eigenvalue weighted by Gasteiger charge is 2.40. The van der Waals surface area contributed by atoms with Crippen LogP contribution in [0.1, 0.15) is 44.9 Å². The zero-order valence-electron chi connectivity index (χ0n) is 20.1. The number of ether oxygens (including phenoxy) is 1. The van der Waals surface area contributed by atoms with Crippen LogP contribution in [0, 0.1) is 0 Å². The van der Waals surface area contributed by atoms with Gasteiger partial charge in [0.2, 0.25) is 0 Å². The maximum absolute atomic E-state index is 12.6. The molecular weight excluding hydrogens is 519 g/mol. The molecule has 8 nitrogen and oxygen atoms in total. The minimum absolute atomic E-state index is 0. The number of carbonyl (C=O) groups is 1. The highest BCUT2D eigenvalue weighted by Crippen LogP contribution is 2.31. The molecule has 1 unspecified atom stereocenters. The number of carbonyl (C=O) groups excluding carboxylic acids is 1. The van der Waals surface area contributed by atoms with Crippen LogP contribution in [0.4, 0.5) is 0 Å². The molecule has 4 heterocycles. The summed E-state index contributed by atoms with van der Waals surface area (Å²) in [5.74, 6) is 1.16. The zero-order chi connectivity index (χ0) is 21.7. The Bertz CT molecular complexity index is 620. The van der Waals surface area contributed by atoms with Gasteiger partial charge in [0.15, 0.2) is 5.96 Å². The van der Waals surface area contributed by atoms with Crippen LogP contribution in [0.25, 0.3) is 0 Å². The van der Waals surface area contributed by atoms with Crippen molar-refractivity contribution in [3.63, 3.8) is 0 Å². The van der Waals surface area contributed by atoms with Gasteiger partial charge in [0.05, 0.1) is 0 Å². The summed E-state index contributed by atoms with van der Waals surface area (Å²) in [4.78, 5) is 26.8. The largest absolute Gasteiger partial charge is 0.368 e. The van der Waals surface area contributed by atoms with E-state index in [2.05, 4.69) is 32.1 Å². The zero-order valence-corrected chi connectivity index (χ0v) is 22.4. The molecule has 1 amide bonds. The van der Waals surface area contributed by atoms with E-state index in [0.29, 0.717) is 0 Å². The van der Waals surface area contributed by atoms with E-state index in [1.165, 1.54) is 58.3 Å². The topological polar surface area (TPSA) is 63.7 Å². The number of nitrogens with zero attached hydrogens (tertiary/aromatic N) is 5. The molecule has 4 aliphatic heterocycles. The first-order valence-electron chi connectivity index (χ1n) is 12.4. The Morgan fingerprint density at radius 3 is 2.22 bits per heavy atom. The Labute approximate surface area is 211 Å². The minimum atomic E-state index is -0.210. The second-order valence-corrected chi connectivity index (χ2v) is 9.79. The summed E-state index contributed by atoms with van der Waals surface area (Å²) in [6.45, 7) is 9.64. The Hall–Kier alpha value is -0.650. The van der Waals surface area contributed by atoms with Crippen molar-refractivity contribution < 1.29 is 9.53 Å². The van der Waals surface area contributed by atoms with Gasteiger partial charge < -0.3 is 24.8 Å². The number of likely N-dealkylation sites (tertiary alicyclic amines) is 2. The van der Waals surface area contributed by atoms with Gasteiger partial charge in [-0.3, -0.25) is 14.7 Å². The van der Waals surface area contributed by atoms with Gasteiger partial charge in [-0.15, -0.1) is 24.0 Å². The summed E-state index contributed by atoms with van der Waals surface area (Å²) >= 11 is 0. The van der Waals surface area contributed by atoms with Gasteiger partial charge in [-0.2, -0.15) is 0 Å². The monoisotopic (exact) mass is 562 g/mol. The Balaban J connectivity index is 0.00000289. The van der Waals surface area contributed by atoms with Gasteiger partial charge in [0, 0.05) is 51.9 Å². The third kappa shape index (κ3) is 6.07. The number of nitrogens with one attached hydrogen (secondary N) is 1. The van der Waals surface area contributed by atoms with Crippen LogP contribution in [0.15, 0.2) is 4.99 Å². The lowest BCUT2D eigenvalue weighted by molar-refractivity contribution is -0.142. The van der Waals surface area contributed by atoms with Gasteiger partial charge in [-0.05, 0) is 71.8 Å². The molecule has 0 radical (unpaired) electrons. The van der Waals surface area contributed by atoms with Crippen molar-refractivity contribution in [2.24, 2.45) is 4.99 Å². The molecule has 0 bridgehead atoms. The quantitative estimate of drug-likeness (QED) is 0.318. The molecule has 0 aromatic carbocycles. The lowest BCUT2D eigenvalue weighted by Gasteiger charge is -2.50. The SMILES string of the molecule is CN=C(NCC1(N2CCCCC2)CCN(C)CC1)N1CCN(C(=O)C2CCCO2)CC1.I. The minimum Gasteiger partial charge on any atom is -0.368 e. The number of piperazine rings is 1. The van der Waals surface area contributed by atoms with E-state index >= 15 is 0 Å². The number of piperidine rings is 2. The molecular formula is C23H43IN6O2. The molecule has 4 fully saturated rings. The predicted octanol–water partition coefficient (Wildman–Crippen LogP) is 1.45. The Morgan fingerprint density at radius 2 is 1.62 bits per heavy atom. The van der Waals surface area contributed by atoms with Crippen molar-refractivity contribution in [2.45, 2.75) is 56.6 Å². The standard InChI is InChI=1S/C23H42N6O2.HI/c1-24-22(28-16-14-27(15-17-28)21(30)20-7-6-18-31-20)25-19-23(8-12-26(2)13-9-23)29-10-4-3-5-11-29;/h20H,3-19H2,1-2H3,(H,24,25);1H. The highest BCUT2D eigenvalue weighted by atomic mass is 127. The molecule has 0 aromatic rings. The van der Waals surface area contributed by atoms with Crippen molar-refractivity contribution >= 4 is 35.8 Å². The lowest BCUT2D eigenvalue weighted by atomic mass is 9.84. The average molecular weight is 563 g/mol. The molecule has 32 heavy (non-hydrogen) atoms. The van der Waals surface area contributed by atoms with Gasteiger partial charge in [-0.25, -0.2) is 0 Å². The maximum Gasteiger partial charge on any atom is 0.251 e. The molecule has 0 spiro atoms. The fourth-order valence-corrected chi connectivity index (χ4v) is 5.70. The number of hydrogen-bond acceptors (Lipinski definition) is 5. The van der Waals surface area contributed by atoms with E-state index in [1.54, 1.807) is 0 Å². The summed E-state index contributed by atoms with van der Waals surface area (Å²) < 4.78 is 5.60. The first kappa shape index (κ1) is 26.0.